The molecule has 0 spiro atoms. The molecular weight excluding hydrogens is 457 g/mol. The largest absolute Gasteiger partial charge is 0.382 e. The van der Waals surface area contributed by atoms with Crippen LogP contribution in [0.4, 0.5) is 0 Å². The lowest BCUT2D eigenvalue weighted by atomic mass is 10.2. The molecule has 0 aliphatic heterocycles. The molecule has 0 aliphatic rings. The molecule has 0 saturated heterocycles. The number of unbranched alkanes of at least 4 members (excludes halogenated alkanes) is 2. The molecule has 0 aromatic heterocycles. The summed E-state index contributed by atoms with van der Waals surface area (Å²) in [7, 11) is 6.66. The van der Waals surface area contributed by atoms with Crippen LogP contribution in [0, 0.1) is 0 Å². The molecule has 0 amide bonds. The summed E-state index contributed by atoms with van der Waals surface area (Å²) < 4.78 is 12.1. The summed E-state index contributed by atoms with van der Waals surface area (Å²) in [5.41, 5.74) is 1.18. The maximum atomic E-state index is 6.03. The Morgan fingerprint density at radius 2 is 1.04 bits per heavy atom. The summed E-state index contributed by atoms with van der Waals surface area (Å²) >= 11 is 0. The quantitative estimate of drug-likeness (QED) is 0.0905. The maximum Gasteiger partial charge on any atom is 0.0656 e. The molecule has 2 nitrogen and oxygen atoms in total. The lowest BCUT2D eigenvalue weighted by molar-refractivity contribution is 0.0957. The highest BCUT2D eigenvalue weighted by Gasteiger charge is 2.15. The van der Waals surface area contributed by atoms with Gasteiger partial charge in [0.1, 0.15) is 0 Å². The van der Waals surface area contributed by atoms with Gasteiger partial charge in [0.15, 0.2) is 0 Å². The minimum absolute atomic E-state index is 0.591. The van der Waals surface area contributed by atoms with E-state index < -0.39 is 17.6 Å². The van der Waals surface area contributed by atoms with Gasteiger partial charge in [-0.25, -0.2) is 0 Å². The van der Waals surface area contributed by atoms with Crippen molar-refractivity contribution in [3.8, 4) is 0 Å². The van der Waals surface area contributed by atoms with Crippen LogP contribution in [-0.2, 0) is 9.47 Å². The van der Waals surface area contributed by atoms with E-state index in [2.05, 4.69) is 40.0 Å². The molecule has 170 valence electrons. The molecule has 0 fully saturated rings. The number of rotatable bonds is 21. The fourth-order valence-electron chi connectivity index (χ4n) is 2.88. The Morgan fingerprint density at radius 1 is 0.643 bits per heavy atom. The summed E-state index contributed by atoms with van der Waals surface area (Å²) in [6.07, 6.45) is 10.1. The van der Waals surface area contributed by atoms with E-state index in [9.17, 15) is 0 Å². The topological polar surface area (TPSA) is 18.5 Å². The molecule has 0 bridgehead atoms. The van der Waals surface area contributed by atoms with Crippen molar-refractivity contribution in [3.63, 3.8) is 0 Å². The molecule has 0 saturated carbocycles. The molecular formula is C20H46O2S4Si2. The molecule has 0 aromatic carbocycles. The Kier molecular flexibility index (Phi) is 23.3. The van der Waals surface area contributed by atoms with Crippen LogP contribution >= 0.6 is 41.2 Å². The molecule has 2 unspecified atom stereocenters. The third-order valence-electron chi connectivity index (χ3n) is 4.62. The Labute approximate surface area is 195 Å². The number of hydrogen-bond acceptors (Lipinski definition) is 6. The highest BCUT2D eigenvalue weighted by atomic mass is 33.7. The monoisotopic (exact) mass is 502 g/mol. The molecule has 8 heteroatoms. The van der Waals surface area contributed by atoms with E-state index in [0.717, 1.165) is 26.1 Å². The summed E-state index contributed by atoms with van der Waals surface area (Å²) in [5, 5.41) is 0. The lowest BCUT2D eigenvalue weighted by Gasteiger charge is -2.20. The second-order valence-corrected chi connectivity index (χ2v) is 20.8. The number of ether oxygens (including phenoxy) is 2. The van der Waals surface area contributed by atoms with Crippen LogP contribution in [-0.4, -0.2) is 53.8 Å². The normalized spacial score (nSPS) is 14.1. The molecule has 0 heterocycles. The van der Waals surface area contributed by atoms with Crippen LogP contribution in [0.1, 0.15) is 65.2 Å². The van der Waals surface area contributed by atoms with E-state index in [-0.39, 0.29) is 0 Å². The van der Waals surface area contributed by atoms with Crippen molar-refractivity contribution in [2.45, 2.75) is 103 Å². The van der Waals surface area contributed by atoms with Gasteiger partial charge in [0.2, 0.25) is 0 Å². The predicted octanol–water partition coefficient (Wildman–Crippen LogP) is 7.65. The molecule has 0 rings (SSSR count). The van der Waals surface area contributed by atoms with Gasteiger partial charge in [-0.2, -0.15) is 0 Å². The maximum absolute atomic E-state index is 6.03. The van der Waals surface area contributed by atoms with Crippen molar-refractivity contribution in [1.29, 1.82) is 0 Å². The van der Waals surface area contributed by atoms with Gasteiger partial charge in [0.05, 0.1) is 17.6 Å². The van der Waals surface area contributed by atoms with E-state index in [1.54, 1.807) is 0 Å². The lowest BCUT2D eigenvalue weighted by Crippen LogP contribution is -2.28. The van der Waals surface area contributed by atoms with Crippen molar-refractivity contribution in [1.82, 2.24) is 0 Å². The van der Waals surface area contributed by atoms with Gasteiger partial charge in [-0.15, -0.1) is 0 Å². The Balaban J connectivity index is 3.45. The Hall–Kier alpha value is 1.75. The first-order valence-corrected chi connectivity index (χ1v) is 22.4. The van der Waals surface area contributed by atoms with Gasteiger partial charge >= 0.3 is 0 Å². The first-order chi connectivity index (χ1) is 13.5. The van der Waals surface area contributed by atoms with Gasteiger partial charge in [0.25, 0.3) is 0 Å². The van der Waals surface area contributed by atoms with Crippen LogP contribution in [0.15, 0.2) is 0 Å². The third-order valence-corrected chi connectivity index (χ3v) is 15.3. The minimum Gasteiger partial charge on any atom is -0.382 e. The van der Waals surface area contributed by atoms with Crippen molar-refractivity contribution in [2.75, 3.05) is 24.7 Å². The van der Waals surface area contributed by atoms with Crippen molar-refractivity contribution in [2.24, 2.45) is 0 Å². The SMILES string of the molecule is CCCOC(CCCCSSSSCCCCC(OCCC)[SiH](C)C)[SiH](C)C. The van der Waals surface area contributed by atoms with E-state index in [1.807, 2.05) is 41.2 Å². The minimum atomic E-state index is -0.667. The standard InChI is InChI=1S/C20H46O2S4Si2/c1-7-15-21-19(27(3)4)13-9-11-17-23-25-26-24-18-12-10-14-20(28(5)6)22-16-8-2/h19-20,27-28H,7-18H2,1-6H3. The zero-order valence-electron chi connectivity index (χ0n) is 19.2. The number of hydrogen-bond donors (Lipinski definition) is 0. The predicted molar refractivity (Wildman–Crippen MR) is 146 cm³/mol. The highest BCUT2D eigenvalue weighted by molar-refractivity contribution is 9.26. The summed E-state index contributed by atoms with van der Waals surface area (Å²) in [6.45, 7) is 16.0. The van der Waals surface area contributed by atoms with Gasteiger partial charge in [-0.1, -0.05) is 74.5 Å². The fourth-order valence-corrected chi connectivity index (χ4v) is 12.0. The molecule has 28 heavy (non-hydrogen) atoms. The first-order valence-electron chi connectivity index (χ1n) is 11.3. The van der Waals surface area contributed by atoms with Crippen molar-refractivity contribution >= 4 is 58.8 Å². The van der Waals surface area contributed by atoms with Crippen LogP contribution in [0.3, 0.4) is 0 Å². The van der Waals surface area contributed by atoms with E-state index >= 15 is 0 Å². The average molecular weight is 503 g/mol. The van der Waals surface area contributed by atoms with Crippen molar-refractivity contribution in [3.05, 3.63) is 0 Å². The van der Waals surface area contributed by atoms with Gasteiger partial charge < -0.3 is 9.47 Å². The van der Waals surface area contributed by atoms with Crippen LogP contribution < -0.4 is 0 Å². The van der Waals surface area contributed by atoms with E-state index in [1.165, 1.54) is 50.0 Å². The highest BCUT2D eigenvalue weighted by Crippen LogP contribution is 2.43. The van der Waals surface area contributed by atoms with Crippen LogP contribution in [0.25, 0.3) is 0 Å². The summed E-state index contributed by atoms with van der Waals surface area (Å²) in [4.78, 5) is 0. The molecule has 0 aliphatic carbocycles. The second kappa shape index (κ2) is 22.0. The molecule has 2 atom stereocenters. The molecule has 0 aromatic rings. The van der Waals surface area contributed by atoms with Crippen molar-refractivity contribution < 1.29 is 9.47 Å². The fraction of sp³-hybridized carbons (Fsp3) is 1.00. The second-order valence-electron chi connectivity index (χ2n) is 8.08. The van der Waals surface area contributed by atoms with E-state index in [4.69, 9.17) is 9.47 Å². The first kappa shape index (κ1) is 29.8. The van der Waals surface area contributed by atoms with Crippen LogP contribution in [0.2, 0.25) is 26.2 Å². The van der Waals surface area contributed by atoms with Crippen LogP contribution in [0.5, 0.6) is 0 Å². The van der Waals surface area contributed by atoms with E-state index in [0.29, 0.717) is 11.5 Å². The Bertz CT molecular complexity index is 297. The average Bonchev–Trinajstić information content (AvgIpc) is 2.66. The zero-order chi connectivity index (χ0) is 21.0. The summed E-state index contributed by atoms with van der Waals surface area (Å²) in [5.74, 6) is 2.54. The smallest absolute Gasteiger partial charge is 0.0656 e. The molecule has 0 radical (unpaired) electrons. The van der Waals surface area contributed by atoms with Gasteiger partial charge in [0, 0.05) is 36.2 Å². The van der Waals surface area contributed by atoms with Gasteiger partial charge in [-0.05, 0) is 58.2 Å². The summed E-state index contributed by atoms with van der Waals surface area (Å²) in [6, 6.07) is 0. The zero-order valence-corrected chi connectivity index (χ0v) is 24.8. The third kappa shape index (κ3) is 18.5. The Morgan fingerprint density at radius 3 is 1.36 bits per heavy atom. The molecule has 0 N–H and O–H groups in total. The van der Waals surface area contributed by atoms with Gasteiger partial charge in [-0.3, -0.25) is 0 Å².